The van der Waals surface area contributed by atoms with Crippen LogP contribution in [-0.2, 0) is 11.3 Å². The summed E-state index contributed by atoms with van der Waals surface area (Å²) < 4.78 is 13.4. The van der Waals surface area contributed by atoms with E-state index in [0.29, 0.717) is 18.4 Å². The Morgan fingerprint density at radius 2 is 2.08 bits per heavy atom. The van der Waals surface area contributed by atoms with Crippen LogP contribution in [0.2, 0.25) is 5.02 Å². The molecule has 8 heteroatoms. The van der Waals surface area contributed by atoms with Crippen molar-refractivity contribution in [2.45, 2.75) is 32.4 Å². The van der Waals surface area contributed by atoms with Crippen LogP contribution in [0.4, 0.5) is 9.18 Å². The number of hydrogen-bond donors (Lipinski definition) is 2. The van der Waals surface area contributed by atoms with Crippen LogP contribution in [0.15, 0.2) is 18.2 Å². The lowest BCUT2D eigenvalue weighted by molar-refractivity contribution is -0.132. The molecule has 0 aliphatic carbocycles. The lowest BCUT2D eigenvalue weighted by Crippen LogP contribution is -2.47. The number of rotatable bonds is 6. The standard InChI is InChI=1S/C18H26ClFN4O2/c1-13(6-7-16(25)24-10-8-21-9-11-24)23(2)18(26)22-12-14-4-3-5-15(20)17(14)19/h3-5,13,21H,6-12H2,1-2H3,(H,22,26)/t13-/m0/s1. The number of halogens is 2. The average molecular weight is 385 g/mol. The first kappa shape index (κ1) is 20.5. The van der Waals surface area contributed by atoms with E-state index in [-0.39, 0.29) is 29.5 Å². The van der Waals surface area contributed by atoms with E-state index < -0.39 is 5.82 Å². The second-order valence-corrected chi connectivity index (χ2v) is 6.88. The molecule has 1 atom stereocenters. The predicted octanol–water partition coefficient (Wildman–Crippen LogP) is 2.22. The second kappa shape index (κ2) is 9.73. The van der Waals surface area contributed by atoms with E-state index in [0.717, 1.165) is 26.2 Å². The topological polar surface area (TPSA) is 64.7 Å². The van der Waals surface area contributed by atoms with Gasteiger partial charge >= 0.3 is 6.03 Å². The van der Waals surface area contributed by atoms with Crippen LogP contribution in [0.5, 0.6) is 0 Å². The highest BCUT2D eigenvalue weighted by Gasteiger charge is 2.20. The van der Waals surface area contributed by atoms with Crippen LogP contribution in [0.25, 0.3) is 0 Å². The van der Waals surface area contributed by atoms with Gasteiger partial charge in [0.2, 0.25) is 5.91 Å². The Morgan fingerprint density at radius 3 is 2.77 bits per heavy atom. The summed E-state index contributed by atoms with van der Waals surface area (Å²) in [5.74, 6) is -0.384. The van der Waals surface area contributed by atoms with E-state index in [9.17, 15) is 14.0 Å². The largest absolute Gasteiger partial charge is 0.340 e. The summed E-state index contributed by atoms with van der Waals surface area (Å²) in [6.07, 6.45) is 1.00. The number of amides is 3. The van der Waals surface area contributed by atoms with Crippen molar-refractivity contribution >= 4 is 23.5 Å². The first-order valence-electron chi connectivity index (χ1n) is 8.82. The predicted molar refractivity (Wildman–Crippen MR) is 99.6 cm³/mol. The highest BCUT2D eigenvalue weighted by molar-refractivity contribution is 6.31. The van der Waals surface area contributed by atoms with Crippen molar-refractivity contribution in [2.24, 2.45) is 0 Å². The van der Waals surface area contributed by atoms with E-state index in [2.05, 4.69) is 10.6 Å². The zero-order chi connectivity index (χ0) is 19.1. The maximum absolute atomic E-state index is 13.4. The average Bonchev–Trinajstić information content (AvgIpc) is 2.66. The Morgan fingerprint density at radius 1 is 1.38 bits per heavy atom. The van der Waals surface area contributed by atoms with Gasteiger partial charge in [-0.3, -0.25) is 4.79 Å². The minimum Gasteiger partial charge on any atom is -0.340 e. The van der Waals surface area contributed by atoms with Gasteiger partial charge in [0.15, 0.2) is 0 Å². The Balaban J connectivity index is 1.77. The quantitative estimate of drug-likeness (QED) is 0.790. The first-order valence-corrected chi connectivity index (χ1v) is 9.20. The van der Waals surface area contributed by atoms with Gasteiger partial charge in [0.1, 0.15) is 5.82 Å². The van der Waals surface area contributed by atoms with Gasteiger partial charge in [0.25, 0.3) is 0 Å². The third-order valence-corrected chi connectivity index (χ3v) is 5.11. The third-order valence-electron chi connectivity index (χ3n) is 4.69. The van der Waals surface area contributed by atoms with Gasteiger partial charge in [-0.1, -0.05) is 23.7 Å². The molecular weight excluding hydrogens is 359 g/mol. The summed E-state index contributed by atoms with van der Waals surface area (Å²) in [4.78, 5) is 27.9. The molecule has 2 N–H and O–H groups in total. The van der Waals surface area contributed by atoms with Crippen molar-refractivity contribution in [1.29, 1.82) is 0 Å². The van der Waals surface area contributed by atoms with E-state index in [4.69, 9.17) is 11.6 Å². The molecule has 0 spiro atoms. The molecule has 6 nitrogen and oxygen atoms in total. The summed E-state index contributed by atoms with van der Waals surface area (Å²) in [5.41, 5.74) is 0.523. The monoisotopic (exact) mass is 384 g/mol. The molecule has 1 fully saturated rings. The van der Waals surface area contributed by atoms with Crippen LogP contribution in [0.1, 0.15) is 25.3 Å². The van der Waals surface area contributed by atoms with Crippen LogP contribution < -0.4 is 10.6 Å². The molecule has 0 saturated carbocycles. The molecule has 1 aromatic rings. The number of nitrogens with one attached hydrogen (secondary N) is 2. The molecule has 1 saturated heterocycles. The molecule has 1 aromatic carbocycles. The van der Waals surface area contributed by atoms with Gasteiger partial charge in [-0.15, -0.1) is 0 Å². The molecule has 0 bridgehead atoms. The smallest absolute Gasteiger partial charge is 0.317 e. The van der Waals surface area contributed by atoms with E-state index in [1.165, 1.54) is 6.07 Å². The zero-order valence-corrected chi connectivity index (χ0v) is 16.0. The van der Waals surface area contributed by atoms with Crippen LogP contribution in [0, 0.1) is 5.82 Å². The summed E-state index contributed by atoms with van der Waals surface area (Å²) in [6, 6.07) is 4.12. The summed E-state index contributed by atoms with van der Waals surface area (Å²) >= 11 is 5.89. The molecule has 26 heavy (non-hydrogen) atoms. The first-order chi connectivity index (χ1) is 12.4. The van der Waals surface area contributed by atoms with E-state index in [1.807, 2.05) is 11.8 Å². The normalized spacial score (nSPS) is 15.5. The molecule has 1 aliphatic heterocycles. The van der Waals surface area contributed by atoms with Crippen molar-refractivity contribution in [2.75, 3.05) is 33.2 Å². The van der Waals surface area contributed by atoms with Gasteiger partial charge in [-0.25, -0.2) is 9.18 Å². The number of nitrogens with zero attached hydrogens (tertiary/aromatic N) is 2. The Labute approximate surface area is 158 Å². The van der Waals surface area contributed by atoms with Crippen molar-refractivity contribution < 1.29 is 14.0 Å². The maximum Gasteiger partial charge on any atom is 0.317 e. The number of carbonyl (C=O) groups is 2. The number of hydrogen-bond acceptors (Lipinski definition) is 3. The van der Waals surface area contributed by atoms with Crippen molar-refractivity contribution in [3.63, 3.8) is 0 Å². The number of urea groups is 1. The molecule has 0 aromatic heterocycles. The molecule has 0 radical (unpaired) electrons. The van der Waals surface area contributed by atoms with E-state index in [1.54, 1.807) is 24.1 Å². The summed E-state index contributed by atoms with van der Waals surface area (Å²) in [6.45, 7) is 5.17. The summed E-state index contributed by atoms with van der Waals surface area (Å²) in [5, 5.41) is 5.96. The molecular formula is C18H26ClFN4O2. The lowest BCUT2D eigenvalue weighted by atomic mass is 10.1. The third kappa shape index (κ3) is 5.57. The minimum atomic E-state index is -0.508. The van der Waals surface area contributed by atoms with Gasteiger partial charge < -0.3 is 20.4 Å². The minimum absolute atomic E-state index is 0.0186. The van der Waals surface area contributed by atoms with Gasteiger partial charge in [0, 0.05) is 52.2 Å². The molecule has 144 valence electrons. The van der Waals surface area contributed by atoms with Crippen molar-refractivity contribution in [1.82, 2.24) is 20.4 Å². The van der Waals surface area contributed by atoms with Gasteiger partial charge in [0.05, 0.1) is 5.02 Å². The summed E-state index contributed by atoms with van der Waals surface area (Å²) in [7, 11) is 1.68. The fourth-order valence-corrected chi connectivity index (χ4v) is 2.97. The molecule has 1 aliphatic rings. The molecule has 2 rings (SSSR count). The van der Waals surface area contributed by atoms with Crippen molar-refractivity contribution in [3.05, 3.63) is 34.6 Å². The Bertz CT molecular complexity index is 638. The highest BCUT2D eigenvalue weighted by Crippen LogP contribution is 2.19. The molecule has 1 heterocycles. The number of carbonyl (C=O) groups excluding carboxylic acids is 2. The molecule has 0 unspecified atom stereocenters. The number of piperazine rings is 1. The number of benzene rings is 1. The maximum atomic E-state index is 13.4. The fourth-order valence-electron chi connectivity index (χ4n) is 2.78. The lowest BCUT2D eigenvalue weighted by Gasteiger charge is -2.29. The van der Waals surface area contributed by atoms with Gasteiger partial charge in [-0.2, -0.15) is 0 Å². The fraction of sp³-hybridized carbons (Fsp3) is 0.556. The van der Waals surface area contributed by atoms with Gasteiger partial charge in [-0.05, 0) is 25.0 Å². The van der Waals surface area contributed by atoms with Crippen molar-refractivity contribution in [3.8, 4) is 0 Å². The van der Waals surface area contributed by atoms with Crippen LogP contribution in [0.3, 0.4) is 0 Å². The van der Waals surface area contributed by atoms with Crippen LogP contribution in [-0.4, -0.2) is 61.0 Å². The van der Waals surface area contributed by atoms with Crippen LogP contribution >= 0.6 is 11.6 Å². The SMILES string of the molecule is C[C@@H](CCC(=O)N1CCNCC1)N(C)C(=O)NCc1cccc(F)c1Cl. The Hall–Kier alpha value is -1.86. The zero-order valence-electron chi connectivity index (χ0n) is 15.2. The highest BCUT2D eigenvalue weighted by atomic mass is 35.5. The Kier molecular flexibility index (Phi) is 7.66. The molecule has 3 amide bonds. The second-order valence-electron chi connectivity index (χ2n) is 6.50. The van der Waals surface area contributed by atoms with E-state index >= 15 is 0 Å².